The summed E-state index contributed by atoms with van der Waals surface area (Å²) in [6, 6.07) is 6.93. The Bertz CT molecular complexity index is 466. The molecule has 4 heteroatoms. The van der Waals surface area contributed by atoms with Gasteiger partial charge in [-0.1, -0.05) is 12.1 Å². The van der Waals surface area contributed by atoms with Crippen molar-refractivity contribution in [2.45, 2.75) is 38.3 Å². The number of carbonyl (C=O) groups excluding carboxylic acids is 1. The molecular weight excluding hydrogens is 238 g/mol. The zero-order valence-electron chi connectivity index (χ0n) is 11.2. The molecular formula is C15H21N3O. The number of hydrogen-bond donors (Lipinski definition) is 3. The van der Waals surface area contributed by atoms with Gasteiger partial charge in [0.15, 0.2) is 0 Å². The van der Waals surface area contributed by atoms with E-state index in [0.717, 1.165) is 24.3 Å². The highest BCUT2D eigenvalue weighted by molar-refractivity contribution is 5.99. The van der Waals surface area contributed by atoms with Gasteiger partial charge >= 0.3 is 0 Å². The van der Waals surface area contributed by atoms with Crippen molar-refractivity contribution >= 4 is 11.6 Å². The molecule has 0 aliphatic carbocycles. The van der Waals surface area contributed by atoms with Crippen molar-refractivity contribution in [3.8, 4) is 0 Å². The fourth-order valence-corrected chi connectivity index (χ4v) is 2.90. The lowest BCUT2D eigenvalue weighted by Crippen LogP contribution is -2.26. The standard InChI is InChI=1S/C15H21N3O/c19-15-9-12-8-11(3-4-14(12)18-15)10-16-7-5-13-2-1-6-17-13/h3-4,8,13,16-17H,1-2,5-7,9-10H2,(H,18,19). The van der Waals surface area contributed by atoms with Gasteiger partial charge in [0.1, 0.15) is 0 Å². The maximum atomic E-state index is 11.3. The van der Waals surface area contributed by atoms with E-state index in [1.807, 2.05) is 6.07 Å². The van der Waals surface area contributed by atoms with Gasteiger partial charge in [-0.3, -0.25) is 4.79 Å². The molecule has 19 heavy (non-hydrogen) atoms. The summed E-state index contributed by atoms with van der Waals surface area (Å²) in [4.78, 5) is 11.3. The summed E-state index contributed by atoms with van der Waals surface area (Å²) in [6.07, 6.45) is 4.35. The monoisotopic (exact) mass is 259 g/mol. The van der Waals surface area contributed by atoms with Crippen LogP contribution in [0.15, 0.2) is 18.2 Å². The van der Waals surface area contributed by atoms with Crippen LogP contribution in [0.3, 0.4) is 0 Å². The average Bonchev–Trinajstić information content (AvgIpc) is 3.02. The van der Waals surface area contributed by atoms with E-state index < -0.39 is 0 Å². The normalized spacial score (nSPS) is 21.5. The highest BCUT2D eigenvalue weighted by Gasteiger charge is 2.17. The molecule has 1 aromatic carbocycles. The number of nitrogens with one attached hydrogen (secondary N) is 3. The molecule has 1 unspecified atom stereocenters. The Balaban J connectivity index is 1.45. The summed E-state index contributed by atoms with van der Waals surface area (Å²) in [5, 5.41) is 9.86. The van der Waals surface area contributed by atoms with E-state index in [9.17, 15) is 4.79 Å². The molecule has 0 aromatic heterocycles. The summed E-state index contributed by atoms with van der Waals surface area (Å²) in [6.45, 7) is 3.11. The van der Waals surface area contributed by atoms with Crippen LogP contribution in [0.4, 0.5) is 5.69 Å². The Morgan fingerprint density at radius 2 is 2.32 bits per heavy atom. The van der Waals surface area contributed by atoms with Gasteiger partial charge in [0, 0.05) is 18.3 Å². The molecule has 1 saturated heterocycles. The molecule has 1 aromatic rings. The van der Waals surface area contributed by atoms with Gasteiger partial charge in [-0.05, 0) is 49.5 Å². The van der Waals surface area contributed by atoms with Crippen molar-refractivity contribution in [1.29, 1.82) is 0 Å². The Hall–Kier alpha value is -1.39. The molecule has 102 valence electrons. The first kappa shape index (κ1) is 12.6. The summed E-state index contributed by atoms with van der Waals surface area (Å²) < 4.78 is 0. The molecule has 1 fully saturated rings. The van der Waals surface area contributed by atoms with Crippen molar-refractivity contribution in [2.24, 2.45) is 0 Å². The zero-order valence-corrected chi connectivity index (χ0v) is 11.2. The van der Waals surface area contributed by atoms with Gasteiger partial charge in [0.2, 0.25) is 5.91 Å². The minimum Gasteiger partial charge on any atom is -0.326 e. The summed E-state index contributed by atoms with van der Waals surface area (Å²) in [5.41, 5.74) is 3.36. The van der Waals surface area contributed by atoms with Gasteiger partial charge in [0.05, 0.1) is 6.42 Å². The van der Waals surface area contributed by atoms with E-state index in [4.69, 9.17) is 0 Å². The fraction of sp³-hybridized carbons (Fsp3) is 0.533. The number of fused-ring (bicyclic) bond motifs is 1. The average molecular weight is 259 g/mol. The first-order valence-electron chi connectivity index (χ1n) is 7.17. The Kier molecular flexibility index (Phi) is 3.80. The molecule has 2 heterocycles. The highest BCUT2D eigenvalue weighted by Crippen LogP contribution is 2.23. The Morgan fingerprint density at radius 3 is 3.16 bits per heavy atom. The van der Waals surface area contributed by atoms with Crippen LogP contribution >= 0.6 is 0 Å². The first-order chi connectivity index (χ1) is 9.31. The van der Waals surface area contributed by atoms with E-state index in [0.29, 0.717) is 12.5 Å². The molecule has 1 amide bonds. The van der Waals surface area contributed by atoms with Gasteiger partial charge in [-0.2, -0.15) is 0 Å². The van der Waals surface area contributed by atoms with Crippen LogP contribution in [0.1, 0.15) is 30.4 Å². The van der Waals surface area contributed by atoms with Gasteiger partial charge in [-0.25, -0.2) is 0 Å². The second-order valence-corrected chi connectivity index (χ2v) is 5.48. The van der Waals surface area contributed by atoms with E-state index >= 15 is 0 Å². The maximum absolute atomic E-state index is 11.3. The minimum absolute atomic E-state index is 0.104. The van der Waals surface area contributed by atoms with Crippen LogP contribution in [0, 0.1) is 0 Å². The molecule has 1 atom stereocenters. The van der Waals surface area contributed by atoms with E-state index in [-0.39, 0.29) is 5.91 Å². The van der Waals surface area contributed by atoms with Gasteiger partial charge < -0.3 is 16.0 Å². The minimum atomic E-state index is 0.104. The fourth-order valence-electron chi connectivity index (χ4n) is 2.90. The smallest absolute Gasteiger partial charge is 0.228 e. The number of amides is 1. The predicted molar refractivity (Wildman–Crippen MR) is 76.1 cm³/mol. The summed E-state index contributed by atoms with van der Waals surface area (Å²) in [7, 11) is 0. The van der Waals surface area contributed by atoms with Crippen molar-refractivity contribution < 1.29 is 4.79 Å². The molecule has 0 radical (unpaired) electrons. The zero-order chi connectivity index (χ0) is 13.1. The van der Waals surface area contributed by atoms with Crippen molar-refractivity contribution in [2.75, 3.05) is 18.4 Å². The Labute approximate surface area is 114 Å². The molecule has 2 aliphatic rings. The summed E-state index contributed by atoms with van der Waals surface area (Å²) in [5.74, 6) is 0.104. The quantitative estimate of drug-likeness (QED) is 0.701. The van der Waals surface area contributed by atoms with Gasteiger partial charge in [0.25, 0.3) is 0 Å². The molecule has 3 N–H and O–H groups in total. The topological polar surface area (TPSA) is 53.2 Å². The number of hydrogen-bond acceptors (Lipinski definition) is 3. The largest absolute Gasteiger partial charge is 0.326 e. The molecule has 2 aliphatic heterocycles. The van der Waals surface area contributed by atoms with E-state index in [1.165, 1.54) is 31.4 Å². The third-order valence-corrected chi connectivity index (χ3v) is 3.96. The number of anilines is 1. The van der Waals surface area contributed by atoms with Crippen LogP contribution in [-0.4, -0.2) is 25.0 Å². The molecule has 0 bridgehead atoms. The lowest BCUT2D eigenvalue weighted by molar-refractivity contribution is -0.115. The SMILES string of the molecule is O=C1Cc2cc(CNCCC3CCCN3)ccc2N1. The van der Waals surface area contributed by atoms with Crippen LogP contribution < -0.4 is 16.0 Å². The highest BCUT2D eigenvalue weighted by atomic mass is 16.1. The van der Waals surface area contributed by atoms with Crippen molar-refractivity contribution in [3.63, 3.8) is 0 Å². The molecule has 3 rings (SSSR count). The third kappa shape index (κ3) is 3.14. The van der Waals surface area contributed by atoms with Crippen molar-refractivity contribution in [1.82, 2.24) is 10.6 Å². The first-order valence-corrected chi connectivity index (χ1v) is 7.17. The van der Waals surface area contributed by atoms with Crippen LogP contribution in [-0.2, 0) is 17.8 Å². The van der Waals surface area contributed by atoms with Crippen LogP contribution in [0.5, 0.6) is 0 Å². The number of benzene rings is 1. The predicted octanol–water partition coefficient (Wildman–Crippen LogP) is 1.41. The number of carbonyl (C=O) groups is 1. The van der Waals surface area contributed by atoms with E-state index in [2.05, 4.69) is 28.1 Å². The number of rotatable bonds is 5. The van der Waals surface area contributed by atoms with Crippen LogP contribution in [0.25, 0.3) is 0 Å². The molecule has 0 saturated carbocycles. The van der Waals surface area contributed by atoms with Crippen LogP contribution in [0.2, 0.25) is 0 Å². The van der Waals surface area contributed by atoms with Gasteiger partial charge in [-0.15, -0.1) is 0 Å². The second-order valence-electron chi connectivity index (χ2n) is 5.48. The lowest BCUT2D eigenvalue weighted by Gasteiger charge is -2.11. The van der Waals surface area contributed by atoms with Crippen molar-refractivity contribution in [3.05, 3.63) is 29.3 Å². The molecule has 4 nitrogen and oxygen atoms in total. The lowest BCUT2D eigenvalue weighted by atomic mass is 10.1. The summed E-state index contributed by atoms with van der Waals surface area (Å²) >= 11 is 0. The van der Waals surface area contributed by atoms with E-state index in [1.54, 1.807) is 0 Å². The Morgan fingerprint density at radius 1 is 1.37 bits per heavy atom. The second kappa shape index (κ2) is 5.72. The molecule has 0 spiro atoms. The third-order valence-electron chi connectivity index (χ3n) is 3.96. The maximum Gasteiger partial charge on any atom is 0.228 e.